The highest BCUT2D eigenvalue weighted by Gasteiger charge is 2.09. The third-order valence-corrected chi connectivity index (χ3v) is 4.35. The zero-order valence-corrected chi connectivity index (χ0v) is 14.9. The minimum Gasteiger partial charge on any atom is -0.365 e. The smallest absolute Gasteiger partial charge is 0.229 e. The van der Waals surface area contributed by atoms with Crippen LogP contribution in [0.25, 0.3) is 10.9 Å². The largest absolute Gasteiger partial charge is 0.365 e. The Morgan fingerprint density at radius 1 is 0.889 bits per heavy atom. The van der Waals surface area contributed by atoms with Crippen LogP contribution in [0.5, 0.6) is 0 Å². The second kappa shape index (κ2) is 7.41. The predicted octanol–water partition coefficient (Wildman–Crippen LogP) is 5.43. The number of rotatable bonds is 5. The molecule has 0 saturated heterocycles. The van der Waals surface area contributed by atoms with Crippen LogP contribution in [0.15, 0.2) is 72.8 Å². The average Bonchev–Trinajstić information content (AvgIpc) is 2.70. The summed E-state index contributed by atoms with van der Waals surface area (Å²) in [6.07, 6.45) is 0. The van der Waals surface area contributed by atoms with E-state index >= 15 is 0 Å². The van der Waals surface area contributed by atoms with E-state index < -0.39 is 0 Å². The van der Waals surface area contributed by atoms with Crippen molar-refractivity contribution in [2.75, 3.05) is 10.6 Å². The average molecular weight is 358 g/mol. The number of halogens is 1. The second-order valence-electron chi connectivity index (χ2n) is 6.34. The number of nitrogens with one attached hydrogen (secondary N) is 2. The van der Waals surface area contributed by atoms with Crippen molar-refractivity contribution < 1.29 is 4.39 Å². The highest BCUT2D eigenvalue weighted by atomic mass is 19.1. The van der Waals surface area contributed by atoms with Crippen LogP contribution in [0.3, 0.4) is 0 Å². The Hall–Kier alpha value is -3.47. The molecule has 0 amide bonds. The highest BCUT2D eigenvalue weighted by molar-refractivity contribution is 5.90. The van der Waals surface area contributed by atoms with Crippen LogP contribution < -0.4 is 10.6 Å². The van der Waals surface area contributed by atoms with Gasteiger partial charge in [0.1, 0.15) is 11.6 Å². The van der Waals surface area contributed by atoms with E-state index in [2.05, 4.69) is 32.7 Å². The van der Waals surface area contributed by atoms with E-state index in [1.54, 1.807) is 6.07 Å². The third kappa shape index (κ3) is 3.87. The maximum atomic E-state index is 13.6. The maximum absolute atomic E-state index is 13.6. The number of hydrogen-bond donors (Lipinski definition) is 2. The first-order valence-corrected chi connectivity index (χ1v) is 8.77. The molecule has 0 atom stereocenters. The molecule has 1 aromatic heterocycles. The molecule has 0 bridgehead atoms. The summed E-state index contributed by atoms with van der Waals surface area (Å²) in [7, 11) is 0. The van der Waals surface area contributed by atoms with Gasteiger partial charge in [0.25, 0.3) is 0 Å². The van der Waals surface area contributed by atoms with Crippen molar-refractivity contribution in [3.63, 3.8) is 0 Å². The number of benzene rings is 3. The summed E-state index contributed by atoms with van der Waals surface area (Å²) in [5.74, 6) is 0.866. The molecule has 3 aromatic carbocycles. The fraction of sp³-hybridized carbons (Fsp3) is 0.0909. The maximum Gasteiger partial charge on any atom is 0.229 e. The molecule has 27 heavy (non-hydrogen) atoms. The Kier molecular flexibility index (Phi) is 4.66. The zero-order valence-electron chi connectivity index (χ0n) is 14.9. The SMILES string of the molecule is Cc1ccc(F)cc1Nc1nc(NCc2ccccc2)c2ccccc2n1. The molecule has 4 aromatic rings. The van der Waals surface area contributed by atoms with Crippen LogP contribution in [-0.2, 0) is 6.54 Å². The van der Waals surface area contributed by atoms with E-state index in [9.17, 15) is 4.39 Å². The number of anilines is 3. The van der Waals surface area contributed by atoms with Crippen molar-refractivity contribution in [3.8, 4) is 0 Å². The van der Waals surface area contributed by atoms with Crippen LogP contribution in [0.2, 0.25) is 0 Å². The highest BCUT2D eigenvalue weighted by Crippen LogP contribution is 2.25. The summed E-state index contributed by atoms with van der Waals surface area (Å²) < 4.78 is 13.6. The Bertz CT molecular complexity index is 1080. The molecular weight excluding hydrogens is 339 g/mol. The lowest BCUT2D eigenvalue weighted by Crippen LogP contribution is -2.06. The van der Waals surface area contributed by atoms with Gasteiger partial charge in [-0.15, -0.1) is 0 Å². The lowest BCUT2D eigenvalue weighted by Gasteiger charge is -2.13. The van der Waals surface area contributed by atoms with Crippen molar-refractivity contribution in [2.24, 2.45) is 0 Å². The van der Waals surface area contributed by atoms with Gasteiger partial charge in [-0.25, -0.2) is 9.37 Å². The Balaban J connectivity index is 1.68. The van der Waals surface area contributed by atoms with Crippen molar-refractivity contribution in [2.45, 2.75) is 13.5 Å². The summed E-state index contributed by atoms with van der Waals surface area (Å²) >= 11 is 0. The number of aromatic nitrogens is 2. The normalized spacial score (nSPS) is 10.7. The number of nitrogens with zero attached hydrogens (tertiary/aromatic N) is 2. The first kappa shape index (κ1) is 17.0. The van der Waals surface area contributed by atoms with Gasteiger partial charge in [-0.05, 0) is 42.3 Å². The Morgan fingerprint density at radius 2 is 1.67 bits per heavy atom. The van der Waals surface area contributed by atoms with E-state index in [4.69, 9.17) is 0 Å². The van der Waals surface area contributed by atoms with Crippen molar-refractivity contribution in [1.82, 2.24) is 9.97 Å². The predicted molar refractivity (Wildman–Crippen MR) is 108 cm³/mol. The standard InChI is InChI=1S/C22H19FN4/c1-15-11-12-17(23)13-20(15)26-22-25-19-10-6-5-9-18(19)21(27-22)24-14-16-7-3-2-4-8-16/h2-13H,14H2,1H3,(H2,24,25,26,27). The molecule has 0 saturated carbocycles. The van der Waals surface area contributed by atoms with E-state index in [1.165, 1.54) is 12.1 Å². The van der Waals surface area contributed by atoms with E-state index in [0.717, 1.165) is 27.8 Å². The Morgan fingerprint density at radius 3 is 2.52 bits per heavy atom. The molecule has 2 N–H and O–H groups in total. The van der Waals surface area contributed by atoms with Crippen molar-refractivity contribution >= 4 is 28.4 Å². The number of aryl methyl sites for hydroxylation is 1. The summed E-state index contributed by atoms with van der Waals surface area (Å²) in [5.41, 5.74) is 3.56. The topological polar surface area (TPSA) is 49.8 Å². The quantitative estimate of drug-likeness (QED) is 0.499. The molecule has 1 heterocycles. The van der Waals surface area contributed by atoms with Crippen LogP contribution >= 0.6 is 0 Å². The third-order valence-electron chi connectivity index (χ3n) is 4.35. The molecule has 0 aliphatic heterocycles. The molecule has 4 rings (SSSR count). The van der Waals surface area contributed by atoms with Crippen molar-refractivity contribution in [1.29, 1.82) is 0 Å². The monoisotopic (exact) mass is 358 g/mol. The first-order chi connectivity index (χ1) is 13.2. The molecule has 0 fully saturated rings. The van der Waals surface area contributed by atoms with Gasteiger partial charge >= 0.3 is 0 Å². The van der Waals surface area contributed by atoms with Crippen LogP contribution in [-0.4, -0.2) is 9.97 Å². The summed E-state index contributed by atoms with van der Waals surface area (Å²) in [4.78, 5) is 9.20. The number of hydrogen-bond acceptors (Lipinski definition) is 4. The van der Waals surface area contributed by atoms with Gasteiger partial charge in [0, 0.05) is 17.6 Å². The van der Waals surface area contributed by atoms with Crippen LogP contribution in [0.1, 0.15) is 11.1 Å². The molecule has 0 spiro atoms. The Labute approximate surface area is 157 Å². The van der Waals surface area contributed by atoms with Crippen LogP contribution in [0, 0.1) is 12.7 Å². The van der Waals surface area contributed by atoms with Crippen molar-refractivity contribution in [3.05, 3.63) is 89.7 Å². The summed E-state index contributed by atoms with van der Waals surface area (Å²) in [6.45, 7) is 2.57. The summed E-state index contributed by atoms with van der Waals surface area (Å²) in [5, 5.41) is 7.47. The molecular formula is C22H19FN4. The van der Waals surface area contributed by atoms with Gasteiger partial charge in [-0.1, -0.05) is 48.5 Å². The number of para-hydroxylation sites is 1. The van der Waals surface area contributed by atoms with Gasteiger partial charge in [0.2, 0.25) is 5.95 Å². The van der Waals surface area contributed by atoms with Gasteiger partial charge in [0.05, 0.1) is 5.52 Å². The van der Waals surface area contributed by atoms with E-state index in [-0.39, 0.29) is 5.82 Å². The van der Waals surface area contributed by atoms with E-state index in [0.29, 0.717) is 18.2 Å². The van der Waals surface area contributed by atoms with Gasteiger partial charge < -0.3 is 10.6 Å². The fourth-order valence-corrected chi connectivity index (χ4v) is 2.90. The molecule has 5 heteroatoms. The minimum atomic E-state index is -0.300. The van der Waals surface area contributed by atoms with Gasteiger partial charge in [0.15, 0.2) is 0 Å². The number of fused-ring (bicyclic) bond motifs is 1. The molecule has 134 valence electrons. The lowest BCUT2D eigenvalue weighted by molar-refractivity contribution is 0.628. The molecule has 0 radical (unpaired) electrons. The lowest BCUT2D eigenvalue weighted by atomic mass is 10.2. The van der Waals surface area contributed by atoms with Gasteiger partial charge in [-0.3, -0.25) is 0 Å². The second-order valence-corrected chi connectivity index (χ2v) is 6.34. The van der Waals surface area contributed by atoms with Crippen LogP contribution in [0.4, 0.5) is 21.8 Å². The fourth-order valence-electron chi connectivity index (χ4n) is 2.90. The molecule has 4 nitrogen and oxygen atoms in total. The minimum absolute atomic E-state index is 0.300. The summed E-state index contributed by atoms with van der Waals surface area (Å²) in [6, 6.07) is 22.6. The first-order valence-electron chi connectivity index (χ1n) is 8.77. The molecule has 0 unspecified atom stereocenters. The van der Waals surface area contributed by atoms with E-state index in [1.807, 2.05) is 49.4 Å². The zero-order chi connectivity index (χ0) is 18.6. The van der Waals surface area contributed by atoms with Gasteiger partial charge in [-0.2, -0.15) is 4.98 Å². The molecule has 0 aliphatic carbocycles. The molecule has 0 aliphatic rings.